The first kappa shape index (κ1) is 15.1. The van der Waals surface area contributed by atoms with Crippen molar-refractivity contribution >= 4 is 11.6 Å². The third kappa shape index (κ3) is 4.09. The number of hydrogen-bond donors (Lipinski definition) is 1. The molecule has 1 heterocycles. The Labute approximate surface area is 123 Å². The van der Waals surface area contributed by atoms with Crippen LogP contribution < -0.4 is 5.32 Å². The summed E-state index contributed by atoms with van der Waals surface area (Å²) in [6.07, 6.45) is 3.75. The van der Waals surface area contributed by atoms with Gasteiger partial charge in [-0.3, -0.25) is 0 Å². The van der Waals surface area contributed by atoms with Gasteiger partial charge in [-0.15, -0.1) is 0 Å². The summed E-state index contributed by atoms with van der Waals surface area (Å²) in [5.74, 6) is 1.24. The highest BCUT2D eigenvalue weighted by molar-refractivity contribution is 6.31. The van der Waals surface area contributed by atoms with Crippen LogP contribution in [0.1, 0.15) is 31.9 Å². The Morgan fingerprint density at radius 1 is 1.20 bits per heavy atom. The van der Waals surface area contributed by atoms with Gasteiger partial charge in [-0.25, -0.2) is 4.39 Å². The highest BCUT2D eigenvalue weighted by Gasteiger charge is 2.08. The third-order valence-electron chi connectivity index (χ3n) is 3.22. The monoisotopic (exact) mass is 296 g/mol. The quantitative estimate of drug-likeness (QED) is 0.769. The Balaban J connectivity index is 1.93. The van der Waals surface area contributed by atoms with Crippen LogP contribution in [-0.4, -0.2) is 6.54 Å². The maximum atomic E-state index is 13.1. The lowest BCUT2D eigenvalue weighted by Crippen LogP contribution is -2.82. The fraction of sp³-hybridized carbons (Fsp3) is 0.375. The molecule has 0 aliphatic carbocycles. The summed E-state index contributed by atoms with van der Waals surface area (Å²) in [5.41, 5.74) is 0.800. The van der Waals surface area contributed by atoms with Crippen LogP contribution in [0, 0.1) is 5.82 Å². The van der Waals surface area contributed by atoms with E-state index in [1.807, 2.05) is 12.1 Å². The number of hydrogen-bond acceptors (Lipinski definition) is 1. The minimum Gasteiger partial charge on any atom is -0.455 e. The molecule has 0 saturated carbocycles. The van der Waals surface area contributed by atoms with Crippen LogP contribution in [0.5, 0.6) is 0 Å². The molecule has 2 N–H and O–H groups in total. The third-order valence-corrected chi connectivity index (χ3v) is 3.51. The highest BCUT2D eigenvalue weighted by Crippen LogP contribution is 2.26. The maximum Gasteiger partial charge on any atom is 0.158 e. The standard InChI is InChI=1S/C16H19ClFNO/c1-2-3-4-9-19-11-13-6-8-16(20-13)12-5-7-15(18)14(17)10-12/h5-8,10,19H,2-4,9,11H2,1H3/p+1. The summed E-state index contributed by atoms with van der Waals surface area (Å²) < 4.78 is 18.9. The van der Waals surface area contributed by atoms with Crippen LogP contribution in [0.2, 0.25) is 5.02 Å². The minimum atomic E-state index is -0.411. The summed E-state index contributed by atoms with van der Waals surface area (Å²) in [6.45, 7) is 4.15. The van der Waals surface area contributed by atoms with Gasteiger partial charge in [0, 0.05) is 5.56 Å². The molecule has 0 fully saturated rings. The van der Waals surface area contributed by atoms with Crippen molar-refractivity contribution in [3.63, 3.8) is 0 Å². The lowest BCUT2D eigenvalue weighted by Gasteiger charge is -2.00. The minimum absolute atomic E-state index is 0.117. The number of rotatable bonds is 7. The zero-order chi connectivity index (χ0) is 14.4. The summed E-state index contributed by atoms with van der Waals surface area (Å²) in [5, 5.41) is 2.36. The Morgan fingerprint density at radius 3 is 2.80 bits per heavy atom. The van der Waals surface area contributed by atoms with Gasteiger partial charge in [-0.05, 0) is 43.2 Å². The van der Waals surface area contributed by atoms with E-state index in [0.717, 1.165) is 30.2 Å². The van der Waals surface area contributed by atoms with Crippen LogP contribution in [0.25, 0.3) is 11.3 Å². The fourth-order valence-electron chi connectivity index (χ4n) is 2.08. The molecule has 0 unspecified atom stereocenters. The average molecular weight is 297 g/mol. The largest absolute Gasteiger partial charge is 0.455 e. The van der Waals surface area contributed by atoms with Gasteiger partial charge in [0.2, 0.25) is 0 Å². The topological polar surface area (TPSA) is 29.8 Å². The molecular formula is C16H20ClFNO+. The van der Waals surface area contributed by atoms with Crippen molar-refractivity contribution in [3.05, 3.63) is 46.9 Å². The van der Waals surface area contributed by atoms with Crippen molar-refractivity contribution in [1.29, 1.82) is 0 Å². The van der Waals surface area contributed by atoms with Gasteiger partial charge in [0.15, 0.2) is 5.76 Å². The van der Waals surface area contributed by atoms with Gasteiger partial charge in [0.1, 0.15) is 18.1 Å². The molecule has 2 nitrogen and oxygen atoms in total. The summed E-state index contributed by atoms with van der Waals surface area (Å²) >= 11 is 5.78. The van der Waals surface area contributed by atoms with Gasteiger partial charge < -0.3 is 9.73 Å². The van der Waals surface area contributed by atoms with E-state index < -0.39 is 5.82 Å². The number of nitrogens with two attached hydrogens (primary N) is 1. The van der Waals surface area contributed by atoms with Crippen molar-refractivity contribution in [2.45, 2.75) is 32.7 Å². The van der Waals surface area contributed by atoms with E-state index in [0.29, 0.717) is 0 Å². The molecule has 20 heavy (non-hydrogen) atoms. The van der Waals surface area contributed by atoms with Crippen molar-refractivity contribution in [3.8, 4) is 11.3 Å². The van der Waals surface area contributed by atoms with E-state index in [1.165, 1.54) is 25.3 Å². The lowest BCUT2D eigenvalue weighted by molar-refractivity contribution is -0.672. The van der Waals surface area contributed by atoms with Crippen molar-refractivity contribution < 1.29 is 14.1 Å². The van der Waals surface area contributed by atoms with E-state index in [1.54, 1.807) is 12.1 Å². The normalized spacial score (nSPS) is 10.9. The predicted molar refractivity (Wildman–Crippen MR) is 79.1 cm³/mol. The Morgan fingerprint density at radius 2 is 2.05 bits per heavy atom. The molecule has 4 heteroatoms. The van der Waals surface area contributed by atoms with Gasteiger partial charge >= 0.3 is 0 Å². The molecule has 1 aromatic carbocycles. The number of halogens is 2. The van der Waals surface area contributed by atoms with E-state index in [2.05, 4.69) is 12.2 Å². The van der Waals surface area contributed by atoms with Crippen molar-refractivity contribution in [2.24, 2.45) is 0 Å². The lowest BCUT2D eigenvalue weighted by atomic mass is 10.2. The van der Waals surface area contributed by atoms with Crippen LogP contribution in [0.4, 0.5) is 4.39 Å². The average Bonchev–Trinajstić information content (AvgIpc) is 2.90. The first-order valence-corrected chi connectivity index (χ1v) is 7.44. The molecule has 0 spiro atoms. The van der Waals surface area contributed by atoms with Crippen molar-refractivity contribution in [2.75, 3.05) is 6.54 Å². The SMILES string of the molecule is CCCCC[NH2+]Cc1ccc(-c2ccc(F)c(Cl)c2)o1. The molecule has 0 radical (unpaired) electrons. The van der Waals surface area contributed by atoms with Gasteiger partial charge in [0.25, 0.3) is 0 Å². The second kappa shape index (κ2) is 7.46. The van der Waals surface area contributed by atoms with E-state index in [-0.39, 0.29) is 5.02 Å². The van der Waals surface area contributed by atoms with Crippen LogP contribution in [0.15, 0.2) is 34.7 Å². The first-order chi connectivity index (χ1) is 9.70. The Hall–Kier alpha value is -1.32. The maximum absolute atomic E-state index is 13.1. The fourth-order valence-corrected chi connectivity index (χ4v) is 2.26. The number of benzene rings is 1. The predicted octanol–water partition coefficient (Wildman–Crippen LogP) is 3.99. The number of furan rings is 1. The van der Waals surface area contributed by atoms with E-state index in [4.69, 9.17) is 16.0 Å². The Kier molecular flexibility index (Phi) is 5.62. The van der Waals surface area contributed by atoms with E-state index in [9.17, 15) is 4.39 Å². The van der Waals surface area contributed by atoms with Crippen LogP contribution >= 0.6 is 11.6 Å². The molecule has 108 valence electrons. The smallest absolute Gasteiger partial charge is 0.158 e. The second-order valence-electron chi connectivity index (χ2n) is 4.88. The molecule has 0 amide bonds. The summed E-state index contributed by atoms with van der Waals surface area (Å²) in [7, 11) is 0. The molecule has 0 aliphatic rings. The zero-order valence-corrected chi connectivity index (χ0v) is 12.4. The number of unbranched alkanes of at least 4 members (excludes halogenated alkanes) is 2. The Bertz CT molecular complexity index is 553. The van der Waals surface area contributed by atoms with Crippen LogP contribution in [-0.2, 0) is 6.54 Å². The van der Waals surface area contributed by atoms with Gasteiger partial charge in [0.05, 0.1) is 11.6 Å². The zero-order valence-electron chi connectivity index (χ0n) is 11.7. The molecule has 2 rings (SSSR count). The highest BCUT2D eigenvalue weighted by atomic mass is 35.5. The van der Waals surface area contributed by atoms with Crippen molar-refractivity contribution in [1.82, 2.24) is 0 Å². The summed E-state index contributed by atoms with van der Waals surface area (Å²) in [4.78, 5) is 0. The molecule has 0 aliphatic heterocycles. The molecule has 0 saturated heterocycles. The second-order valence-corrected chi connectivity index (χ2v) is 5.29. The van der Waals surface area contributed by atoms with Crippen LogP contribution in [0.3, 0.4) is 0 Å². The van der Waals surface area contributed by atoms with Gasteiger partial charge in [-0.1, -0.05) is 24.9 Å². The molecule has 0 atom stereocenters. The molecule has 0 bridgehead atoms. The molecule has 2 aromatic rings. The van der Waals surface area contributed by atoms with E-state index >= 15 is 0 Å². The molecular weight excluding hydrogens is 277 g/mol. The molecule has 1 aromatic heterocycles. The first-order valence-electron chi connectivity index (χ1n) is 7.06. The number of quaternary nitrogens is 1. The van der Waals surface area contributed by atoms with Gasteiger partial charge in [-0.2, -0.15) is 0 Å². The summed E-state index contributed by atoms with van der Waals surface area (Å²) in [6, 6.07) is 8.48.